The molecule has 0 bridgehead atoms. The molecule has 1 atom stereocenters. The molecule has 1 heterocycles. The van der Waals surface area contributed by atoms with Gasteiger partial charge < -0.3 is 9.84 Å². The third-order valence-electron chi connectivity index (χ3n) is 3.23. The van der Waals surface area contributed by atoms with Crippen LogP contribution in [0.4, 0.5) is 0 Å². The maximum atomic E-state index is 11.3. The lowest BCUT2D eigenvalue weighted by Gasteiger charge is -2.18. The Morgan fingerprint density at radius 2 is 2.10 bits per heavy atom. The van der Waals surface area contributed by atoms with E-state index in [1.807, 2.05) is 38.1 Å². The summed E-state index contributed by atoms with van der Waals surface area (Å²) in [5.74, 6) is -0.241. The molecule has 5 nitrogen and oxygen atoms in total. The number of hydrogen-bond acceptors (Lipinski definition) is 3. The van der Waals surface area contributed by atoms with E-state index in [0.29, 0.717) is 17.8 Å². The Morgan fingerprint density at radius 1 is 1.40 bits per heavy atom. The molecule has 0 aliphatic carbocycles. The molecule has 0 fully saturated rings. The largest absolute Gasteiger partial charge is 0.484 e. The molecular weight excluding hydrogens is 256 g/mol. The first-order valence-electron chi connectivity index (χ1n) is 6.55. The molecule has 1 unspecified atom stereocenters. The van der Waals surface area contributed by atoms with E-state index in [1.54, 1.807) is 6.92 Å². The van der Waals surface area contributed by atoms with Gasteiger partial charge in [-0.15, -0.1) is 0 Å². The number of nitrogens with one attached hydrogen (secondary N) is 1. The predicted molar refractivity (Wildman–Crippen MR) is 75.1 cm³/mol. The number of benzene rings is 1. The number of aryl methyl sites for hydroxylation is 2. The number of nitrogens with zero attached hydrogens (tertiary/aromatic N) is 1. The summed E-state index contributed by atoms with van der Waals surface area (Å²) < 4.78 is 5.94. The maximum Gasteiger partial charge on any atom is 0.339 e. The van der Waals surface area contributed by atoms with Crippen LogP contribution in [0.2, 0.25) is 0 Å². The molecule has 1 aromatic carbocycles. The van der Waals surface area contributed by atoms with E-state index in [9.17, 15) is 9.90 Å². The smallest absolute Gasteiger partial charge is 0.339 e. The molecule has 2 rings (SSSR count). The number of aromatic nitrogens is 2. The summed E-state index contributed by atoms with van der Waals surface area (Å²) in [5, 5.41) is 16.1. The van der Waals surface area contributed by atoms with E-state index in [-0.39, 0.29) is 11.7 Å². The lowest BCUT2D eigenvalue weighted by atomic mass is 10.1. The van der Waals surface area contributed by atoms with Crippen LogP contribution in [0.3, 0.4) is 0 Å². The highest BCUT2D eigenvalue weighted by atomic mass is 16.5. The normalized spacial score (nSPS) is 12.2. The highest BCUT2D eigenvalue weighted by molar-refractivity contribution is 5.90. The quantitative estimate of drug-likeness (QED) is 0.877. The lowest BCUT2D eigenvalue weighted by molar-refractivity contribution is 0.0690. The molecule has 1 aromatic heterocycles. The van der Waals surface area contributed by atoms with Crippen LogP contribution >= 0.6 is 0 Å². The summed E-state index contributed by atoms with van der Waals surface area (Å²) >= 11 is 0. The summed E-state index contributed by atoms with van der Waals surface area (Å²) in [6.07, 6.45) is 0.256. The molecule has 0 saturated heterocycles. The van der Waals surface area contributed by atoms with Crippen LogP contribution in [-0.4, -0.2) is 21.3 Å². The zero-order valence-electron chi connectivity index (χ0n) is 11.8. The average Bonchev–Trinajstić information content (AvgIpc) is 2.80. The monoisotopic (exact) mass is 274 g/mol. The molecule has 5 heteroatoms. The topological polar surface area (TPSA) is 75.2 Å². The molecule has 0 amide bonds. The number of ether oxygens (including phenoxy) is 1. The first kappa shape index (κ1) is 14.1. The van der Waals surface area contributed by atoms with E-state index in [0.717, 1.165) is 11.3 Å². The number of carboxylic acid groups (broad SMARTS) is 1. The molecule has 0 radical (unpaired) electrons. The average molecular weight is 274 g/mol. The Hall–Kier alpha value is -2.30. The van der Waals surface area contributed by atoms with Crippen molar-refractivity contribution in [2.75, 3.05) is 0 Å². The van der Waals surface area contributed by atoms with Crippen LogP contribution in [0.5, 0.6) is 5.75 Å². The SMILES string of the molecule is CCC(Oc1ccccc1C)c1n[nH]c(C)c1C(=O)O. The Labute approximate surface area is 117 Å². The minimum atomic E-state index is -0.988. The standard InChI is InChI=1S/C15H18N2O3/c1-4-11(20-12-8-6-5-7-9(12)2)14-13(15(18)19)10(3)16-17-14/h5-8,11H,4H2,1-3H3,(H,16,17)(H,18,19). The summed E-state index contributed by atoms with van der Waals surface area (Å²) in [7, 11) is 0. The van der Waals surface area contributed by atoms with E-state index < -0.39 is 5.97 Å². The lowest BCUT2D eigenvalue weighted by Crippen LogP contribution is -2.12. The molecular formula is C15H18N2O3. The predicted octanol–water partition coefficient (Wildman–Crippen LogP) is 3.25. The van der Waals surface area contributed by atoms with E-state index in [4.69, 9.17) is 4.74 Å². The van der Waals surface area contributed by atoms with Crippen molar-refractivity contribution in [1.82, 2.24) is 10.2 Å². The number of para-hydroxylation sites is 1. The van der Waals surface area contributed by atoms with E-state index in [1.165, 1.54) is 0 Å². The van der Waals surface area contributed by atoms with Crippen LogP contribution < -0.4 is 4.74 Å². The van der Waals surface area contributed by atoms with Crippen molar-refractivity contribution in [2.24, 2.45) is 0 Å². The van der Waals surface area contributed by atoms with Crippen LogP contribution in [0, 0.1) is 13.8 Å². The van der Waals surface area contributed by atoms with Gasteiger partial charge in [0.15, 0.2) is 0 Å². The van der Waals surface area contributed by atoms with Gasteiger partial charge >= 0.3 is 5.97 Å². The number of carboxylic acids is 1. The van der Waals surface area contributed by atoms with Gasteiger partial charge in [-0.3, -0.25) is 5.10 Å². The van der Waals surface area contributed by atoms with Crippen molar-refractivity contribution in [3.05, 3.63) is 46.8 Å². The highest BCUT2D eigenvalue weighted by Gasteiger charge is 2.25. The second-order valence-electron chi connectivity index (χ2n) is 4.69. The number of rotatable bonds is 5. The summed E-state index contributed by atoms with van der Waals surface area (Å²) in [6, 6.07) is 7.65. The minimum absolute atomic E-state index is 0.199. The molecule has 0 saturated carbocycles. The molecule has 0 aliphatic heterocycles. The fourth-order valence-corrected chi connectivity index (χ4v) is 2.13. The number of hydrogen-bond donors (Lipinski definition) is 2. The molecule has 106 valence electrons. The summed E-state index contributed by atoms with van der Waals surface area (Å²) in [4.78, 5) is 11.3. The number of H-pyrrole nitrogens is 1. The van der Waals surface area contributed by atoms with Crippen molar-refractivity contribution in [1.29, 1.82) is 0 Å². The second-order valence-corrected chi connectivity index (χ2v) is 4.69. The fraction of sp³-hybridized carbons (Fsp3) is 0.333. The molecule has 0 aliphatic rings. The first-order valence-corrected chi connectivity index (χ1v) is 6.55. The highest BCUT2D eigenvalue weighted by Crippen LogP contribution is 2.28. The Bertz CT molecular complexity index is 619. The Morgan fingerprint density at radius 3 is 2.70 bits per heavy atom. The molecule has 2 N–H and O–H groups in total. The van der Waals surface area contributed by atoms with Crippen molar-refractivity contribution < 1.29 is 14.6 Å². The second kappa shape index (κ2) is 5.77. The van der Waals surface area contributed by atoms with Crippen LogP contribution in [0.15, 0.2) is 24.3 Å². The van der Waals surface area contributed by atoms with Gasteiger partial charge in [0, 0.05) is 5.69 Å². The zero-order chi connectivity index (χ0) is 14.7. The minimum Gasteiger partial charge on any atom is -0.484 e. The molecule has 20 heavy (non-hydrogen) atoms. The van der Waals surface area contributed by atoms with Gasteiger partial charge in [0.1, 0.15) is 23.1 Å². The van der Waals surface area contributed by atoms with Crippen molar-refractivity contribution in [3.8, 4) is 5.75 Å². The third-order valence-corrected chi connectivity index (χ3v) is 3.23. The number of aromatic carboxylic acids is 1. The van der Waals surface area contributed by atoms with Gasteiger partial charge in [-0.05, 0) is 31.9 Å². The van der Waals surface area contributed by atoms with Crippen LogP contribution in [0.1, 0.15) is 46.8 Å². The maximum absolute atomic E-state index is 11.3. The van der Waals surface area contributed by atoms with Crippen molar-refractivity contribution >= 4 is 5.97 Å². The Kier molecular flexibility index (Phi) is 4.08. The first-order chi connectivity index (χ1) is 9.54. The van der Waals surface area contributed by atoms with E-state index in [2.05, 4.69) is 10.2 Å². The Balaban J connectivity index is 2.34. The van der Waals surface area contributed by atoms with Crippen molar-refractivity contribution in [2.45, 2.75) is 33.3 Å². The van der Waals surface area contributed by atoms with Gasteiger partial charge in [0.25, 0.3) is 0 Å². The summed E-state index contributed by atoms with van der Waals surface area (Å²) in [6.45, 7) is 5.59. The third kappa shape index (κ3) is 2.66. The van der Waals surface area contributed by atoms with Crippen LogP contribution in [-0.2, 0) is 0 Å². The zero-order valence-corrected chi connectivity index (χ0v) is 11.8. The molecule has 0 spiro atoms. The fourth-order valence-electron chi connectivity index (χ4n) is 2.13. The van der Waals surface area contributed by atoms with Gasteiger partial charge in [0.05, 0.1) is 0 Å². The number of carbonyl (C=O) groups is 1. The van der Waals surface area contributed by atoms with E-state index >= 15 is 0 Å². The number of aromatic amines is 1. The van der Waals surface area contributed by atoms with Crippen molar-refractivity contribution in [3.63, 3.8) is 0 Å². The van der Waals surface area contributed by atoms with Gasteiger partial charge in [0.2, 0.25) is 0 Å². The van der Waals surface area contributed by atoms with Gasteiger partial charge in [-0.1, -0.05) is 25.1 Å². The van der Waals surface area contributed by atoms with Gasteiger partial charge in [-0.2, -0.15) is 5.10 Å². The van der Waals surface area contributed by atoms with Gasteiger partial charge in [-0.25, -0.2) is 4.79 Å². The molecule has 2 aromatic rings. The van der Waals surface area contributed by atoms with Crippen LogP contribution in [0.25, 0.3) is 0 Å². The summed E-state index contributed by atoms with van der Waals surface area (Å²) in [5.41, 5.74) is 2.20.